The minimum Gasteiger partial charge on any atom is -0.481 e. The fraction of sp³-hybridized carbons (Fsp3) is 0.900. The second-order valence-corrected chi connectivity index (χ2v) is 4.58. The molecule has 0 amide bonds. The van der Waals surface area contributed by atoms with E-state index in [9.17, 15) is 4.79 Å². The Hall–Kier alpha value is -0.610. The molecule has 0 aromatic heterocycles. The predicted octanol–water partition coefficient (Wildman–Crippen LogP) is 0.818. The van der Waals surface area contributed by atoms with Gasteiger partial charge in [0.05, 0.1) is 18.6 Å². The third-order valence-corrected chi connectivity index (χ3v) is 2.68. The molecule has 0 bridgehead atoms. The van der Waals surface area contributed by atoms with Crippen LogP contribution in [0.15, 0.2) is 0 Å². The molecule has 1 N–H and O–H groups in total. The van der Waals surface area contributed by atoms with Gasteiger partial charge in [-0.2, -0.15) is 0 Å². The summed E-state index contributed by atoms with van der Waals surface area (Å²) in [6.07, 6.45) is 0. The molecule has 0 aliphatic carbocycles. The van der Waals surface area contributed by atoms with Gasteiger partial charge in [-0.3, -0.25) is 9.69 Å². The van der Waals surface area contributed by atoms with E-state index in [0.717, 1.165) is 6.54 Å². The number of rotatable bonds is 3. The molecule has 1 aliphatic rings. The van der Waals surface area contributed by atoms with Gasteiger partial charge in [-0.25, -0.2) is 0 Å². The molecule has 0 aromatic carbocycles. The Labute approximate surface area is 84.8 Å². The van der Waals surface area contributed by atoms with Crippen molar-refractivity contribution in [2.75, 3.05) is 26.3 Å². The van der Waals surface area contributed by atoms with Gasteiger partial charge in [-0.15, -0.1) is 0 Å². The van der Waals surface area contributed by atoms with Gasteiger partial charge in [0, 0.05) is 19.1 Å². The zero-order valence-corrected chi connectivity index (χ0v) is 9.12. The van der Waals surface area contributed by atoms with Crippen LogP contribution in [0.1, 0.15) is 20.8 Å². The van der Waals surface area contributed by atoms with Crippen molar-refractivity contribution in [3.05, 3.63) is 0 Å². The molecule has 1 saturated heterocycles. The van der Waals surface area contributed by atoms with E-state index in [1.54, 1.807) is 13.8 Å². The number of carboxylic acid groups (broad SMARTS) is 1. The topological polar surface area (TPSA) is 49.8 Å². The molecule has 1 aliphatic heterocycles. The quantitative estimate of drug-likeness (QED) is 0.734. The monoisotopic (exact) mass is 201 g/mol. The molecular formula is C10H19NO3. The fourth-order valence-electron chi connectivity index (χ4n) is 1.57. The first-order valence-corrected chi connectivity index (χ1v) is 4.98. The molecule has 1 fully saturated rings. The number of carbonyl (C=O) groups is 1. The van der Waals surface area contributed by atoms with Crippen LogP contribution in [-0.4, -0.2) is 48.3 Å². The van der Waals surface area contributed by atoms with Crippen molar-refractivity contribution < 1.29 is 14.6 Å². The minimum atomic E-state index is -0.740. The molecule has 0 radical (unpaired) electrons. The Kier molecular flexibility index (Phi) is 3.50. The van der Waals surface area contributed by atoms with Crippen molar-refractivity contribution in [3.63, 3.8) is 0 Å². The van der Waals surface area contributed by atoms with Crippen molar-refractivity contribution in [3.8, 4) is 0 Å². The summed E-state index contributed by atoms with van der Waals surface area (Å²) >= 11 is 0. The van der Waals surface area contributed by atoms with E-state index in [1.807, 2.05) is 0 Å². The summed E-state index contributed by atoms with van der Waals surface area (Å²) in [5.41, 5.74) is -0.675. The first kappa shape index (κ1) is 11.5. The highest BCUT2D eigenvalue weighted by Crippen LogP contribution is 2.19. The summed E-state index contributed by atoms with van der Waals surface area (Å²) in [5.74, 6) is -0.740. The molecule has 4 nitrogen and oxygen atoms in total. The van der Waals surface area contributed by atoms with Gasteiger partial charge < -0.3 is 9.84 Å². The maximum absolute atomic E-state index is 10.9. The van der Waals surface area contributed by atoms with Crippen LogP contribution in [0, 0.1) is 5.41 Å². The van der Waals surface area contributed by atoms with Crippen molar-refractivity contribution in [1.82, 2.24) is 4.90 Å². The van der Waals surface area contributed by atoms with Gasteiger partial charge in [0.15, 0.2) is 0 Å². The molecule has 0 spiro atoms. The van der Waals surface area contributed by atoms with Gasteiger partial charge in [-0.05, 0) is 20.8 Å². The molecule has 1 heterocycles. The number of nitrogens with zero attached hydrogens (tertiary/aromatic N) is 1. The fourth-order valence-corrected chi connectivity index (χ4v) is 1.57. The Bertz CT molecular complexity index is 215. The number of carboxylic acids is 1. The average Bonchev–Trinajstić information content (AvgIpc) is 2.08. The Balaban J connectivity index is 2.53. The van der Waals surface area contributed by atoms with Crippen LogP contribution >= 0.6 is 0 Å². The van der Waals surface area contributed by atoms with Crippen LogP contribution in [0.4, 0.5) is 0 Å². The zero-order chi connectivity index (χ0) is 10.8. The summed E-state index contributed by atoms with van der Waals surface area (Å²) in [7, 11) is 0. The summed E-state index contributed by atoms with van der Waals surface area (Å²) in [6.45, 7) is 8.42. The Morgan fingerprint density at radius 2 is 2.29 bits per heavy atom. The summed E-state index contributed by atoms with van der Waals surface area (Å²) in [5, 5.41) is 9.00. The SMILES string of the molecule is CC1COCCN1CC(C)(C)C(=O)O. The van der Waals surface area contributed by atoms with E-state index < -0.39 is 11.4 Å². The average molecular weight is 201 g/mol. The number of ether oxygens (including phenoxy) is 1. The van der Waals surface area contributed by atoms with Crippen LogP contribution < -0.4 is 0 Å². The highest BCUT2D eigenvalue weighted by atomic mass is 16.5. The maximum Gasteiger partial charge on any atom is 0.310 e. The molecule has 0 saturated carbocycles. The van der Waals surface area contributed by atoms with Gasteiger partial charge in [0.25, 0.3) is 0 Å². The summed E-state index contributed by atoms with van der Waals surface area (Å²) < 4.78 is 5.30. The number of hydrogen-bond donors (Lipinski definition) is 1. The zero-order valence-electron chi connectivity index (χ0n) is 9.12. The van der Waals surface area contributed by atoms with Crippen molar-refractivity contribution in [1.29, 1.82) is 0 Å². The Morgan fingerprint density at radius 3 is 2.79 bits per heavy atom. The van der Waals surface area contributed by atoms with Crippen molar-refractivity contribution in [2.24, 2.45) is 5.41 Å². The molecule has 1 atom stereocenters. The standard InChI is InChI=1S/C10H19NO3/c1-8-6-14-5-4-11(8)7-10(2,3)9(12)13/h8H,4-7H2,1-3H3,(H,12,13). The van der Waals surface area contributed by atoms with E-state index in [0.29, 0.717) is 25.8 Å². The third-order valence-electron chi connectivity index (χ3n) is 2.68. The minimum absolute atomic E-state index is 0.322. The first-order valence-electron chi connectivity index (χ1n) is 4.98. The van der Waals surface area contributed by atoms with Gasteiger partial charge in [-0.1, -0.05) is 0 Å². The van der Waals surface area contributed by atoms with Crippen molar-refractivity contribution in [2.45, 2.75) is 26.8 Å². The highest BCUT2D eigenvalue weighted by Gasteiger charge is 2.32. The lowest BCUT2D eigenvalue weighted by molar-refractivity contribution is -0.149. The van der Waals surface area contributed by atoms with Crippen LogP contribution in [0.2, 0.25) is 0 Å². The van der Waals surface area contributed by atoms with E-state index in [-0.39, 0.29) is 0 Å². The lowest BCUT2D eigenvalue weighted by atomic mass is 9.92. The second-order valence-electron chi connectivity index (χ2n) is 4.58. The smallest absolute Gasteiger partial charge is 0.310 e. The van der Waals surface area contributed by atoms with Crippen LogP contribution in [0.3, 0.4) is 0 Å². The van der Waals surface area contributed by atoms with Gasteiger partial charge >= 0.3 is 5.97 Å². The summed E-state index contributed by atoms with van der Waals surface area (Å²) in [6, 6.07) is 0.322. The van der Waals surface area contributed by atoms with E-state index in [2.05, 4.69) is 11.8 Å². The van der Waals surface area contributed by atoms with Crippen molar-refractivity contribution >= 4 is 5.97 Å². The maximum atomic E-state index is 10.9. The molecule has 0 aromatic rings. The van der Waals surface area contributed by atoms with E-state index in [1.165, 1.54) is 0 Å². The number of hydrogen-bond acceptors (Lipinski definition) is 3. The molecule has 82 valence electrons. The molecule has 4 heteroatoms. The van der Waals surface area contributed by atoms with Gasteiger partial charge in [0.2, 0.25) is 0 Å². The van der Waals surface area contributed by atoms with Gasteiger partial charge in [0.1, 0.15) is 0 Å². The van der Waals surface area contributed by atoms with Crippen LogP contribution in [0.25, 0.3) is 0 Å². The lowest BCUT2D eigenvalue weighted by Crippen LogP contribution is -2.49. The highest BCUT2D eigenvalue weighted by molar-refractivity contribution is 5.73. The first-order chi connectivity index (χ1) is 6.43. The normalized spacial score (nSPS) is 24.9. The Morgan fingerprint density at radius 1 is 1.64 bits per heavy atom. The van der Waals surface area contributed by atoms with E-state index in [4.69, 9.17) is 9.84 Å². The second kappa shape index (κ2) is 4.28. The predicted molar refractivity (Wildman–Crippen MR) is 53.3 cm³/mol. The third kappa shape index (κ3) is 2.69. The molecule has 1 unspecified atom stereocenters. The van der Waals surface area contributed by atoms with Crippen LogP contribution in [0.5, 0.6) is 0 Å². The van der Waals surface area contributed by atoms with E-state index >= 15 is 0 Å². The number of aliphatic carboxylic acids is 1. The number of morpholine rings is 1. The lowest BCUT2D eigenvalue weighted by Gasteiger charge is -2.37. The molecule has 1 rings (SSSR count). The van der Waals surface area contributed by atoms with Crippen LogP contribution in [-0.2, 0) is 9.53 Å². The largest absolute Gasteiger partial charge is 0.481 e. The molecule has 14 heavy (non-hydrogen) atoms. The summed E-state index contributed by atoms with van der Waals surface area (Å²) in [4.78, 5) is 13.1. The molecular weight excluding hydrogens is 182 g/mol.